The van der Waals surface area contributed by atoms with Crippen LogP contribution in [0.25, 0.3) is 0 Å². The Labute approximate surface area is 155 Å². The van der Waals surface area contributed by atoms with Gasteiger partial charge in [0, 0.05) is 18.5 Å². The predicted molar refractivity (Wildman–Crippen MR) is 101 cm³/mol. The van der Waals surface area contributed by atoms with Gasteiger partial charge >= 0.3 is 5.97 Å². The smallest absolute Gasteiger partial charge is 0.329 e. The van der Waals surface area contributed by atoms with Gasteiger partial charge < -0.3 is 15.4 Å². The van der Waals surface area contributed by atoms with Crippen molar-refractivity contribution in [1.29, 1.82) is 0 Å². The summed E-state index contributed by atoms with van der Waals surface area (Å²) in [4.78, 5) is 36.5. The zero-order valence-corrected chi connectivity index (χ0v) is 16.3. The van der Waals surface area contributed by atoms with E-state index in [1.54, 1.807) is 45.0 Å². The number of nitrogens with one attached hydrogen (secondary N) is 2. The Bertz CT molecular complexity index is 608. The van der Waals surface area contributed by atoms with Crippen molar-refractivity contribution in [2.75, 3.05) is 6.54 Å². The molecule has 0 aliphatic carbocycles. The number of hydrogen-bond acceptors (Lipinski definition) is 4. The maximum absolute atomic E-state index is 12.4. The van der Waals surface area contributed by atoms with E-state index in [1.165, 1.54) is 0 Å². The van der Waals surface area contributed by atoms with Gasteiger partial charge in [0.2, 0.25) is 5.91 Å². The Morgan fingerprint density at radius 1 is 1.12 bits per heavy atom. The molecule has 1 aromatic carbocycles. The molecule has 0 radical (unpaired) electrons. The van der Waals surface area contributed by atoms with Crippen LogP contribution in [0.5, 0.6) is 0 Å². The van der Waals surface area contributed by atoms with Crippen LogP contribution in [0.1, 0.15) is 57.8 Å². The maximum Gasteiger partial charge on any atom is 0.329 e. The summed E-state index contributed by atoms with van der Waals surface area (Å²) in [7, 11) is 0. The van der Waals surface area contributed by atoms with E-state index in [0.717, 1.165) is 6.42 Å². The second-order valence-corrected chi connectivity index (χ2v) is 7.34. The molecule has 6 heteroatoms. The topological polar surface area (TPSA) is 84.5 Å². The SMILES string of the molecule is CCC(C)[C@H](NC(=O)CCNC(=O)c1ccccc1)C(=O)OC(C)(C)C. The molecular formula is C20H30N2O4. The Morgan fingerprint density at radius 2 is 1.73 bits per heavy atom. The van der Waals surface area contributed by atoms with Crippen molar-refractivity contribution in [3.8, 4) is 0 Å². The fourth-order valence-electron chi connectivity index (χ4n) is 2.26. The van der Waals surface area contributed by atoms with Crippen LogP contribution in [-0.2, 0) is 14.3 Å². The van der Waals surface area contributed by atoms with Gasteiger partial charge in [-0.1, -0.05) is 38.5 Å². The molecule has 1 rings (SSSR count). The zero-order chi connectivity index (χ0) is 19.7. The molecule has 2 amide bonds. The van der Waals surface area contributed by atoms with E-state index in [0.29, 0.717) is 5.56 Å². The van der Waals surface area contributed by atoms with Crippen LogP contribution in [0.2, 0.25) is 0 Å². The lowest BCUT2D eigenvalue weighted by Crippen LogP contribution is -2.48. The minimum absolute atomic E-state index is 0.0484. The van der Waals surface area contributed by atoms with Crippen LogP contribution in [0, 0.1) is 5.92 Å². The lowest BCUT2D eigenvalue weighted by atomic mass is 9.98. The number of ether oxygens (including phenoxy) is 1. The molecule has 144 valence electrons. The molecule has 6 nitrogen and oxygen atoms in total. The van der Waals surface area contributed by atoms with Gasteiger partial charge in [-0.3, -0.25) is 9.59 Å². The first-order valence-electron chi connectivity index (χ1n) is 8.99. The van der Waals surface area contributed by atoms with Crippen LogP contribution in [-0.4, -0.2) is 36.0 Å². The lowest BCUT2D eigenvalue weighted by Gasteiger charge is -2.27. The largest absolute Gasteiger partial charge is 0.458 e. The van der Waals surface area contributed by atoms with E-state index in [2.05, 4.69) is 10.6 Å². The minimum atomic E-state index is -0.698. The minimum Gasteiger partial charge on any atom is -0.458 e. The molecule has 2 atom stereocenters. The van der Waals surface area contributed by atoms with Crippen LogP contribution >= 0.6 is 0 Å². The highest BCUT2D eigenvalue weighted by Gasteiger charge is 2.30. The van der Waals surface area contributed by atoms with Gasteiger partial charge in [-0.25, -0.2) is 4.79 Å². The number of carbonyl (C=O) groups is 3. The number of rotatable bonds is 8. The van der Waals surface area contributed by atoms with E-state index in [1.807, 2.05) is 19.9 Å². The van der Waals surface area contributed by atoms with Crippen molar-refractivity contribution in [1.82, 2.24) is 10.6 Å². The third-order valence-corrected chi connectivity index (χ3v) is 3.86. The molecular weight excluding hydrogens is 332 g/mol. The van der Waals surface area contributed by atoms with Crippen LogP contribution in [0.3, 0.4) is 0 Å². The van der Waals surface area contributed by atoms with Crippen molar-refractivity contribution in [2.45, 2.75) is 59.1 Å². The number of esters is 1. The molecule has 0 bridgehead atoms. The highest BCUT2D eigenvalue weighted by molar-refractivity contribution is 5.94. The second-order valence-electron chi connectivity index (χ2n) is 7.34. The highest BCUT2D eigenvalue weighted by atomic mass is 16.6. The van der Waals surface area contributed by atoms with E-state index in [4.69, 9.17) is 4.74 Å². The Kier molecular flexibility index (Phi) is 8.29. The molecule has 0 saturated heterocycles. The standard InChI is InChI=1S/C20H30N2O4/c1-6-14(2)17(19(25)26-20(3,4)5)22-16(23)12-13-21-18(24)15-10-8-7-9-11-15/h7-11,14,17H,6,12-13H2,1-5H3,(H,21,24)(H,22,23)/t14?,17-/m0/s1. The first kappa shape index (κ1) is 21.7. The van der Waals surface area contributed by atoms with E-state index in [-0.39, 0.29) is 30.7 Å². The highest BCUT2D eigenvalue weighted by Crippen LogP contribution is 2.15. The van der Waals surface area contributed by atoms with Gasteiger partial charge in [0.25, 0.3) is 5.91 Å². The monoisotopic (exact) mass is 362 g/mol. The van der Waals surface area contributed by atoms with Crippen LogP contribution in [0.4, 0.5) is 0 Å². The van der Waals surface area contributed by atoms with Crippen molar-refractivity contribution in [2.24, 2.45) is 5.92 Å². The quantitative estimate of drug-likeness (QED) is 0.696. The third kappa shape index (κ3) is 7.68. The van der Waals surface area contributed by atoms with Gasteiger partial charge in [-0.05, 0) is 38.8 Å². The first-order valence-corrected chi connectivity index (χ1v) is 8.99. The number of hydrogen-bond donors (Lipinski definition) is 2. The average Bonchev–Trinajstić information content (AvgIpc) is 2.58. The van der Waals surface area contributed by atoms with Crippen molar-refractivity contribution in [3.05, 3.63) is 35.9 Å². The van der Waals surface area contributed by atoms with Gasteiger partial charge in [0.05, 0.1) is 0 Å². The molecule has 0 saturated carbocycles. The van der Waals surface area contributed by atoms with Gasteiger partial charge in [0.15, 0.2) is 0 Å². The molecule has 0 aliphatic rings. The third-order valence-electron chi connectivity index (χ3n) is 3.86. The molecule has 0 fully saturated rings. The summed E-state index contributed by atoms with van der Waals surface area (Å²) in [6.45, 7) is 9.42. The summed E-state index contributed by atoms with van der Waals surface area (Å²) >= 11 is 0. The lowest BCUT2D eigenvalue weighted by molar-refractivity contribution is -0.160. The normalized spacial score (nSPS) is 13.4. The molecule has 1 aromatic rings. The van der Waals surface area contributed by atoms with Gasteiger partial charge in [-0.15, -0.1) is 0 Å². The Morgan fingerprint density at radius 3 is 2.27 bits per heavy atom. The Hall–Kier alpha value is -2.37. The summed E-state index contributed by atoms with van der Waals surface area (Å²) in [5.41, 5.74) is -0.0730. The Balaban J connectivity index is 2.53. The first-order chi connectivity index (χ1) is 12.1. The summed E-state index contributed by atoms with van der Waals surface area (Å²) in [6.07, 6.45) is 0.823. The predicted octanol–water partition coefficient (Wildman–Crippen LogP) is 2.68. The van der Waals surface area contributed by atoms with E-state index in [9.17, 15) is 14.4 Å². The molecule has 2 N–H and O–H groups in total. The average molecular weight is 362 g/mol. The van der Waals surface area contributed by atoms with Gasteiger partial charge in [0.1, 0.15) is 11.6 Å². The maximum atomic E-state index is 12.4. The zero-order valence-electron chi connectivity index (χ0n) is 16.3. The fraction of sp³-hybridized carbons (Fsp3) is 0.550. The molecule has 26 heavy (non-hydrogen) atoms. The summed E-state index contributed by atoms with van der Waals surface area (Å²) < 4.78 is 5.40. The molecule has 1 unspecified atom stereocenters. The van der Waals surface area contributed by atoms with E-state index < -0.39 is 17.6 Å². The number of carbonyl (C=O) groups excluding carboxylic acids is 3. The number of amides is 2. The van der Waals surface area contributed by atoms with Crippen molar-refractivity contribution < 1.29 is 19.1 Å². The molecule has 0 heterocycles. The van der Waals surface area contributed by atoms with Crippen molar-refractivity contribution >= 4 is 17.8 Å². The summed E-state index contributed by atoms with van der Waals surface area (Å²) in [6, 6.07) is 8.10. The molecule has 0 aromatic heterocycles. The second kappa shape index (κ2) is 9.94. The van der Waals surface area contributed by atoms with Crippen LogP contribution in [0.15, 0.2) is 30.3 Å². The van der Waals surface area contributed by atoms with Crippen LogP contribution < -0.4 is 10.6 Å². The van der Waals surface area contributed by atoms with Crippen molar-refractivity contribution in [3.63, 3.8) is 0 Å². The number of benzene rings is 1. The summed E-state index contributed by atoms with van der Waals surface area (Å²) in [5, 5.41) is 5.44. The summed E-state index contributed by atoms with van der Waals surface area (Å²) in [5.74, 6) is -1.01. The fourth-order valence-corrected chi connectivity index (χ4v) is 2.26. The molecule has 0 spiro atoms. The van der Waals surface area contributed by atoms with E-state index >= 15 is 0 Å². The van der Waals surface area contributed by atoms with Gasteiger partial charge in [-0.2, -0.15) is 0 Å². The molecule has 0 aliphatic heterocycles.